The van der Waals surface area contributed by atoms with Gasteiger partial charge in [0.1, 0.15) is 12.9 Å². The molecule has 9 heteroatoms. The number of nitrogens with one attached hydrogen (secondary N) is 1. The zero-order valence-electron chi connectivity index (χ0n) is 13.5. The highest BCUT2D eigenvalue weighted by Crippen LogP contribution is 2.07. The van der Waals surface area contributed by atoms with Gasteiger partial charge in [0.25, 0.3) is 5.91 Å². The molecule has 128 valence electrons. The minimum absolute atomic E-state index is 0.0938. The van der Waals surface area contributed by atoms with E-state index >= 15 is 0 Å². The van der Waals surface area contributed by atoms with Gasteiger partial charge in [0.2, 0.25) is 5.95 Å². The van der Waals surface area contributed by atoms with Gasteiger partial charge < -0.3 is 5.11 Å². The second-order valence-corrected chi connectivity index (χ2v) is 5.50. The molecule has 1 aromatic carbocycles. The van der Waals surface area contributed by atoms with Crippen molar-refractivity contribution in [2.24, 2.45) is 0 Å². The molecule has 0 spiro atoms. The zero-order valence-corrected chi connectivity index (χ0v) is 13.5. The molecule has 0 radical (unpaired) electrons. The van der Waals surface area contributed by atoms with Crippen LogP contribution >= 0.6 is 0 Å². The second kappa shape index (κ2) is 6.95. The van der Waals surface area contributed by atoms with E-state index in [9.17, 15) is 9.59 Å². The average Bonchev–Trinajstić information content (AvgIpc) is 3.16. The summed E-state index contributed by atoms with van der Waals surface area (Å²) >= 11 is 0. The van der Waals surface area contributed by atoms with Gasteiger partial charge in [-0.2, -0.15) is 5.10 Å². The van der Waals surface area contributed by atoms with Gasteiger partial charge in [0.15, 0.2) is 5.69 Å². The first kappa shape index (κ1) is 16.4. The molecule has 3 rings (SSSR count). The Balaban J connectivity index is 1.63. The molecular formula is C16H16N6O3. The van der Waals surface area contributed by atoms with E-state index < -0.39 is 11.9 Å². The number of aliphatic carboxylic acids is 1. The summed E-state index contributed by atoms with van der Waals surface area (Å²) in [6.45, 7) is 2.24. The van der Waals surface area contributed by atoms with Crippen LogP contribution in [0.5, 0.6) is 0 Å². The summed E-state index contributed by atoms with van der Waals surface area (Å²) in [6.07, 6.45) is 2.95. The fraction of sp³-hybridized carbons (Fsp3) is 0.188. The molecule has 0 aliphatic heterocycles. The molecule has 9 nitrogen and oxygen atoms in total. The molecule has 0 aliphatic carbocycles. The standard InChI is InChI=1S/C16H16N6O3/c1-11-3-2-4-12(7-11)8-22-10-17-16(20-22)18-15(25)13-5-6-21(19-13)9-14(23)24/h2-7,10H,8-9H2,1H3,(H,23,24)(H,18,20,25). The number of carbonyl (C=O) groups excluding carboxylic acids is 1. The van der Waals surface area contributed by atoms with Crippen LogP contribution in [0.2, 0.25) is 0 Å². The fourth-order valence-electron chi connectivity index (χ4n) is 2.30. The number of nitrogens with zero attached hydrogens (tertiary/aromatic N) is 5. The van der Waals surface area contributed by atoms with Crippen LogP contribution in [-0.2, 0) is 17.9 Å². The zero-order chi connectivity index (χ0) is 17.8. The molecule has 1 amide bonds. The van der Waals surface area contributed by atoms with Crippen molar-refractivity contribution in [3.63, 3.8) is 0 Å². The monoisotopic (exact) mass is 340 g/mol. The molecule has 0 fully saturated rings. The maximum atomic E-state index is 12.1. The Morgan fingerprint density at radius 2 is 2.04 bits per heavy atom. The van der Waals surface area contributed by atoms with Crippen LogP contribution in [0.4, 0.5) is 5.95 Å². The van der Waals surface area contributed by atoms with Gasteiger partial charge in [-0.3, -0.25) is 19.6 Å². The molecule has 3 aromatic rings. The highest BCUT2D eigenvalue weighted by molar-refractivity contribution is 6.01. The van der Waals surface area contributed by atoms with Crippen LogP contribution in [-0.4, -0.2) is 41.5 Å². The van der Waals surface area contributed by atoms with E-state index in [0.29, 0.717) is 6.54 Å². The maximum absolute atomic E-state index is 12.1. The second-order valence-electron chi connectivity index (χ2n) is 5.50. The van der Waals surface area contributed by atoms with E-state index in [0.717, 1.165) is 11.1 Å². The highest BCUT2D eigenvalue weighted by atomic mass is 16.4. The maximum Gasteiger partial charge on any atom is 0.325 e. The lowest BCUT2D eigenvalue weighted by molar-refractivity contribution is -0.137. The summed E-state index contributed by atoms with van der Waals surface area (Å²) in [5.41, 5.74) is 2.33. The predicted molar refractivity (Wildman–Crippen MR) is 88.1 cm³/mol. The number of carboxylic acids is 1. The largest absolute Gasteiger partial charge is 0.480 e. The fourth-order valence-corrected chi connectivity index (χ4v) is 2.30. The number of amides is 1. The number of rotatable bonds is 6. The van der Waals surface area contributed by atoms with Gasteiger partial charge in [-0.05, 0) is 18.6 Å². The van der Waals surface area contributed by atoms with Crippen LogP contribution < -0.4 is 5.32 Å². The lowest BCUT2D eigenvalue weighted by atomic mass is 10.1. The molecular weight excluding hydrogens is 324 g/mol. The first-order chi connectivity index (χ1) is 12.0. The molecule has 0 bridgehead atoms. The Kier molecular flexibility index (Phi) is 4.55. The Morgan fingerprint density at radius 1 is 1.20 bits per heavy atom. The number of hydrogen-bond donors (Lipinski definition) is 2. The first-order valence-corrected chi connectivity index (χ1v) is 7.51. The number of aromatic nitrogens is 5. The van der Waals surface area contributed by atoms with Crippen molar-refractivity contribution >= 4 is 17.8 Å². The third kappa shape index (κ3) is 4.28. The molecule has 0 aliphatic rings. The Bertz CT molecular complexity index is 914. The molecule has 2 heterocycles. The Morgan fingerprint density at radius 3 is 2.80 bits per heavy atom. The van der Waals surface area contributed by atoms with Crippen molar-refractivity contribution in [2.75, 3.05) is 5.32 Å². The number of carboxylic acid groups (broad SMARTS) is 1. The smallest absolute Gasteiger partial charge is 0.325 e. The van der Waals surface area contributed by atoms with Crippen molar-refractivity contribution in [1.29, 1.82) is 0 Å². The lowest BCUT2D eigenvalue weighted by Crippen LogP contribution is -2.16. The molecule has 0 atom stereocenters. The van der Waals surface area contributed by atoms with Crippen LogP contribution in [0.1, 0.15) is 21.6 Å². The number of aryl methyl sites for hydroxylation is 1. The Labute approximate surface area is 142 Å². The average molecular weight is 340 g/mol. The van der Waals surface area contributed by atoms with Crippen LogP contribution in [0.25, 0.3) is 0 Å². The molecule has 0 saturated carbocycles. The number of benzene rings is 1. The van der Waals surface area contributed by atoms with Crippen LogP contribution in [0.3, 0.4) is 0 Å². The molecule has 25 heavy (non-hydrogen) atoms. The van der Waals surface area contributed by atoms with Gasteiger partial charge >= 0.3 is 5.97 Å². The summed E-state index contributed by atoms with van der Waals surface area (Å²) < 4.78 is 2.79. The van der Waals surface area contributed by atoms with E-state index in [1.807, 2.05) is 25.1 Å². The number of carbonyl (C=O) groups is 2. The molecule has 0 saturated heterocycles. The third-order valence-corrected chi connectivity index (χ3v) is 3.36. The van der Waals surface area contributed by atoms with Crippen LogP contribution in [0, 0.1) is 6.92 Å². The van der Waals surface area contributed by atoms with E-state index in [4.69, 9.17) is 5.11 Å². The van der Waals surface area contributed by atoms with Gasteiger partial charge in [-0.15, -0.1) is 5.10 Å². The van der Waals surface area contributed by atoms with Crippen molar-refractivity contribution in [1.82, 2.24) is 24.5 Å². The normalized spacial score (nSPS) is 10.6. The number of hydrogen-bond acceptors (Lipinski definition) is 5. The Hall–Kier alpha value is -3.49. The summed E-state index contributed by atoms with van der Waals surface area (Å²) in [5.74, 6) is -1.38. The van der Waals surface area contributed by atoms with Crippen molar-refractivity contribution in [2.45, 2.75) is 20.0 Å². The van der Waals surface area contributed by atoms with E-state index in [-0.39, 0.29) is 18.2 Å². The summed E-state index contributed by atoms with van der Waals surface area (Å²) in [7, 11) is 0. The third-order valence-electron chi connectivity index (χ3n) is 3.36. The minimum atomic E-state index is -1.04. The topological polar surface area (TPSA) is 115 Å². The quantitative estimate of drug-likeness (QED) is 0.696. The van der Waals surface area contributed by atoms with E-state index in [2.05, 4.69) is 26.6 Å². The molecule has 2 aromatic heterocycles. The predicted octanol–water partition coefficient (Wildman–Crippen LogP) is 1.17. The first-order valence-electron chi connectivity index (χ1n) is 7.51. The number of anilines is 1. The highest BCUT2D eigenvalue weighted by Gasteiger charge is 2.13. The van der Waals surface area contributed by atoms with Gasteiger partial charge in [0, 0.05) is 6.20 Å². The SMILES string of the molecule is Cc1cccc(Cn2cnc(NC(=O)c3ccn(CC(=O)O)n3)n2)c1. The van der Waals surface area contributed by atoms with E-state index in [1.54, 1.807) is 4.68 Å². The van der Waals surface area contributed by atoms with Gasteiger partial charge in [0.05, 0.1) is 6.54 Å². The molecule has 0 unspecified atom stereocenters. The van der Waals surface area contributed by atoms with Crippen LogP contribution in [0.15, 0.2) is 42.9 Å². The summed E-state index contributed by atoms with van der Waals surface area (Å²) in [4.78, 5) is 26.8. The van der Waals surface area contributed by atoms with Crippen molar-refractivity contribution < 1.29 is 14.7 Å². The van der Waals surface area contributed by atoms with Crippen molar-refractivity contribution in [3.05, 3.63) is 59.7 Å². The lowest BCUT2D eigenvalue weighted by Gasteiger charge is -2.02. The summed E-state index contributed by atoms with van der Waals surface area (Å²) in [6, 6.07) is 9.46. The molecule has 2 N–H and O–H groups in total. The van der Waals surface area contributed by atoms with Gasteiger partial charge in [-0.1, -0.05) is 29.8 Å². The minimum Gasteiger partial charge on any atom is -0.480 e. The van der Waals surface area contributed by atoms with Gasteiger partial charge in [-0.25, -0.2) is 9.67 Å². The van der Waals surface area contributed by atoms with E-state index in [1.165, 1.54) is 23.3 Å². The van der Waals surface area contributed by atoms with Crippen molar-refractivity contribution in [3.8, 4) is 0 Å². The summed E-state index contributed by atoms with van der Waals surface area (Å²) in [5, 5.41) is 19.3.